The van der Waals surface area contributed by atoms with Crippen LogP contribution in [0.25, 0.3) is 0 Å². The summed E-state index contributed by atoms with van der Waals surface area (Å²) in [4.78, 5) is 14.3. The molecule has 1 aliphatic heterocycles. The van der Waals surface area contributed by atoms with E-state index < -0.39 is 0 Å². The minimum Gasteiger partial charge on any atom is -0.379 e. The topological polar surface area (TPSA) is 59.4 Å². The largest absolute Gasteiger partial charge is 0.379 e. The fourth-order valence-corrected chi connectivity index (χ4v) is 2.69. The van der Waals surface area contributed by atoms with Crippen LogP contribution in [0.2, 0.25) is 5.02 Å². The number of morpholine rings is 1. The van der Waals surface area contributed by atoms with Gasteiger partial charge >= 0.3 is 0 Å². The van der Waals surface area contributed by atoms with Crippen molar-refractivity contribution >= 4 is 23.3 Å². The molecule has 2 aromatic rings. The normalized spacial score (nSPS) is 15.5. The molecule has 6 nitrogen and oxygen atoms in total. The first kappa shape index (κ1) is 16.0. The molecule has 0 aliphatic carbocycles. The average Bonchev–Trinajstić information content (AvgIpc) is 2.97. The highest BCUT2D eigenvalue weighted by Crippen LogP contribution is 2.18. The highest BCUT2D eigenvalue weighted by molar-refractivity contribution is 6.31. The predicted octanol–water partition coefficient (Wildman–Crippen LogP) is 1.86. The number of anilines is 1. The Labute approximate surface area is 140 Å². The molecule has 1 fully saturated rings. The molecule has 3 rings (SSSR count). The van der Waals surface area contributed by atoms with Crippen LogP contribution in [-0.2, 0) is 16.1 Å². The van der Waals surface area contributed by atoms with E-state index >= 15 is 0 Å². The lowest BCUT2D eigenvalue weighted by molar-refractivity contribution is -0.118. The van der Waals surface area contributed by atoms with Crippen molar-refractivity contribution in [1.82, 2.24) is 14.7 Å². The van der Waals surface area contributed by atoms with E-state index in [0.717, 1.165) is 18.7 Å². The first-order chi connectivity index (χ1) is 11.2. The lowest BCUT2D eigenvalue weighted by Gasteiger charge is -2.25. The molecule has 122 valence electrons. The maximum absolute atomic E-state index is 12.2. The van der Waals surface area contributed by atoms with Crippen LogP contribution in [0.15, 0.2) is 36.5 Å². The van der Waals surface area contributed by atoms with Crippen molar-refractivity contribution in [2.75, 3.05) is 38.2 Å². The maximum Gasteiger partial charge on any atom is 0.239 e. The van der Waals surface area contributed by atoms with Crippen LogP contribution in [0.4, 0.5) is 5.82 Å². The molecule has 0 bridgehead atoms. The molecule has 1 amide bonds. The lowest BCUT2D eigenvalue weighted by atomic mass is 10.2. The number of ether oxygens (including phenoxy) is 1. The van der Waals surface area contributed by atoms with Gasteiger partial charge in [0.1, 0.15) is 5.82 Å². The molecule has 1 saturated heterocycles. The van der Waals surface area contributed by atoms with Crippen LogP contribution in [0.5, 0.6) is 0 Å². The summed E-state index contributed by atoms with van der Waals surface area (Å²) < 4.78 is 7.02. The Morgan fingerprint density at radius 3 is 2.83 bits per heavy atom. The molecular formula is C16H19ClN4O2. The molecule has 2 heterocycles. The second-order valence-electron chi connectivity index (χ2n) is 5.40. The zero-order chi connectivity index (χ0) is 16.1. The minimum atomic E-state index is -0.0483. The third-order valence-corrected chi connectivity index (χ3v) is 4.10. The number of aromatic nitrogens is 2. The Bertz CT molecular complexity index is 668. The van der Waals surface area contributed by atoms with Crippen LogP contribution < -0.4 is 5.32 Å². The van der Waals surface area contributed by atoms with Gasteiger partial charge in [0.25, 0.3) is 0 Å². The SMILES string of the molecule is O=C(CN1CCOCC1)Nc1ccnn1Cc1ccccc1Cl. The van der Waals surface area contributed by atoms with Crippen LogP contribution in [0, 0.1) is 0 Å². The Morgan fingerprint density at radius 2 is 2.04 bits per heavy atom. The van der Waals surface area contributed by atoms with E-state index in [1.807, 2.05) is 24.3 Å². The summed E-state index contributed by atoms with van der Waals surface area (Å²) in [6.45, 7) is 3.80. The molecule has 1 N–H and O–H groups in total. The highest BCUT2D eigenvalue weighted by atomic mass is 35.5. The number of carbonyl (C=O) groups is 1. The van der Waals surface area contributed by atoms with Gasteiger partial charge in [-0.1, -0.05) is 29.8 Å². The van der Waals surface area contributed by atoms with E-state index in [-0.39, 0.29) is 5.91 Å². The van der Waals surface area contributed by atoms with E-state index in [4.69, 9.17) is 16.3 Å². The van der Waals surface area contributed by atoms with Crippen molar-refractivity contribution < 1.29 is 9.53 Å². The quantitative estimate of drug-likeness (QED) is 0.906. The summed E-state index contributed by atoms with van der Waals surface area (Å²) >= 11 is 6.18. The number of nitrogens with one attached hydrogen (secondary N) is 1. The van der Waals surface area contributed by atoms with Crippen molar-refractivity contribution in [3.63, 3.8) is 0 Å². The first-order valence-corrected chi connectivity index (χ1v) is 7.95. The molecule has 0 unspecified atom stereocenters. The Hall–Kier alpha value is -1.89. The fourth-order valence-electron chi connectivity index (χ4n) is 2.50. The van der Waals surface area contributed by atoms with E-state index in [1.165, 1.54) is 0 Å². The van der Waals surface area contributed by atoms with E-state index in [2.05, 4.69) is 15.3 Å². The van der Waals surface area contributed by atoms with Gasteiger partial charge < -0.3 is 10.1 Å². The van der Waals surface area contributed by atoms with Gasteiger partial charge in [-0.2, -0.15) is 5.10 Å². The van der Waals surface area contributed by atoms with Crippen molar-refractivity contribution in [2.45, 2.75) is 6.54 Å². The summed E-state index contributed by atoms with van der Waals surface area (Å²) in [6.07, 6.45) is 1.67. The third kappa shape index (κ3) is 4.31. The number of nitrogens with zero attached hydrogens (tertiary/aromatic N) is 3. The molecule has 1 aliphatic rings. The third-order valence-electron chi connectivity index (χ3n) is 3.73. The van der Waals surface area contributed by atoms with Crippen LogP contribution in [-0.4, -0.2) is 53.4 Å². The molecule has 23 heavy (non-hydrogen) atoms. The van der Waals surface area contributed by atoms with Crippen molar-refractivity contribution in [2.24, 2.45) is 0 Å². The summed E-state index contributed by atoms with van der Waals surface area (Å²) in [7, 11) is 0. The van der Waals surface area contributed by atoms with E-state index in [9.17, 15) is 4.79 Å². The number of rotatable bonds is 5. The molecule has 0 saturated carbocycles. The van der Waals surface area contributed by atoms with E-state index in [0.29, 0.717) is 37.1 Å². The Balaban J connectivity index is 1.61. The van der Waals surface area contributed by atoms with Gasteiger partial charge in [0.05, 0.1) is 32.5 Å². The molecule has 0 radical (unpaired) electrons. The number of carbonyl (C=O) groups excluding carboxylic acids is 1. The van der Waals surface area contributed by atoms with Crippen molar-refractivity contribution in [3.05, 3.63) is 47.1 Å². The van der Waals surface area contributed by atoms with Gasteiger partial charge in [-0.15, -0.1) is 0 Å². The second kappa shape index (κ2) is 7.59. The van der Waals surface area contributed by atoms with E-state index in [1.54, 1.807) is 16.9 Å². The Kier molecular flexibility index (Phi) is 5.27. The highest BCUT2D eigenvalue weighted by Gasteiger charge is 2.15. The molecule has 0 atom stereocenters. The molecule has 1 aromatic carbocycles. The van der Waals surface area contributed by atoms with Gasteiger partial charge in [-0.3, -0.25) is 9.69 Å². The van der Waals surface area contributed by atoms with Crippen molar-refractivity contribution in [1.29, 1.82) is 0 Å². The number of halogens is 1. The molecular weight excluding hydrogens is 316 g/mol. The average molecular weight is 335 g/mol. The minimum absolute atomic E-state index is 0.0483. The summed E-state index contributed by atoms with van der Waals surface area (Å²) in [5.74, 6) is 0.621. The number of hydrogen-bond donors (Lipinski definition) is 1. The maximum atomic E-state index is 12.2. The smallest absolute Gasteiger partial charge is 0.239 e. The Morgan fingerprint density at radius 1 is 1.26 bits per heavy atom. The lowest BCUT2D eigenvalue weighted by Crippen LogP contribution is -2.41. The summed E-state index contributed by atoms with van der Waals surface area (Å²) in [5, 5.41) is 7.86. The molecule has 7 heteroatoms. The fraction of sp³-hybridized carbons (Fsp3) is 0.375. The van der Waals surface area contributed by atoms with Crippen LogP contribution >= 0.6 is 11.6 Å². The van der Waals surface area contributed by atoms with Gasteiger partial charge in [0, 0.05) is 24.2 Å². The molecule has 0 spiro atoms. The summed E-state index contributed by atoms with van der Waals surface area (Å²) in [6, 6.07) is 9.40. The predicted molar refractivity (Wildman–Crippen MR) is 88.7 cm³/mol. The van der Waals surface area contributed by atoms with Gasteiger partial charge in [-0.25, -0.2) is 4.68 Å². The van der Waals surface area contributed by atoms with Crippen LogP contribution in [0.3, 0.4) is 0 Å². The zero-order valence-corrected chi connectivity index (χ0v) is 13.5. The van der Waals surface area contributed by atoms with Gasteiger partial charge in [-0.05, 0) is 11.6 Å². The van der Waals surface area contributed by atoms with Gasteiger partial charge in [0.15, 0.2) is 0 Å². The van der Waals surface area contributed by atoms with Crippen LogP contribution in [0.1, 0.15) is 5.56 Å². The monoisotopic (exact) mass is 334 g/mol. The summed E-state index contributed by atoms with van der Waals surface area (Å²) in [5.41, 5.74) is 0.960. The number of hydrogen-bond acceptors (Lipinski definition) is 4. The standard InChI is InChI=1S/C16H19ClN4O2/c17-14-4-2-1-3-13(14)11-21-15(5-6-18-21)19-16(22)12-20-7-9-23-10-8-20/h1-6H,7-12H2,(H,19,22). The molecule has 1 aromatic heterocycles. The number of benzene rings is 1. The second-order valence-corrected chi connectivity index (χ2v) is 5.81. The first-order valence-electron chi connectivity index (χ1n) is 7.57. The number of amides is 1. The zero-order valence-electron chi connectivity index (χ0n) is 12.7. The van der Waals surface area contributed by atoms with Crippen molar-refractivity contribution in [3.8, 4) is 0 Å². The van der Waals surface area contributed by atoms with Gasteiger partial charge in [0.2, 0.25) is 5.91 Å².